The van der Waals surface area contributed by atoms with Crippen LogP contribution in [0.3, 0.4) is 0 Å². The van der Waals surface area contributed by atoms with E-state index in [1.54, 1.807) is 12.1 Å². The van der Waals surface area contributed by atoms with E-state index in [1.807, 2.05) is 26.0 Å². The third-order valence-electron chi connectivity index (χ3n) is 5.51. The number of aryl methyl sites for hydroxylation is 1. The SMILES string of the molecule is CC(=O)c1cccc(S(=O)(=O)N(CC(=O)Nc2cccc(C)c2C)CC2CCCO2)c1. The standard InChI is InChI=1S/C23H28N2O5S/c1-16-7-4-11-22(17(16)2)24-23(27)15-25(14-20-9-6-12-30-20)31(28,29)21-10-5-8-19(13-21)18(3)26/h4-5,7-8,10-11,13,20H,6,9,12,14-15H2,1-3H3,(H,24,27). The Hall–Kier alpha value is -2.55. The highest BCUT2D eigenvalue weighted by Gasteiger charge is 2.31. The minimum Gasteiger partial charge on any atom is -0.377 e. The number of anilines is 1. The number of ether oxygens (including phenoxy) is 1. The molecule has 1 N–H and O–H groups in total. The van der Waals surface area contributed by atoms with Crippen LogP contribution in [0.5, 0.6) is 0 Å². The van der Waals surface area contributed by atoms with E-state index >= 15 is 0 Å². The van der Waals surface area contributed by atoms with Crippen LogP contribution in [-0.2, 0) is 19.6 Å². The first-order chi connectivity index (χ1) is 14.7. The van der Waals surface area contributed by atoms with Crippen LogP contribution in [0.4, 0.5) is 5.69 Å². The summed E-state index contributed by atoms with van der Waals surface area (Å²) in [6, 6.07) is 11.5. The number of Topliss-reactive ketones (excluding diaryl/α,β-unsaturated/α-hetero) is 1. The first-order valence-corrected chi connectivity index (χ1v) is 11.7. The molecule has 0 aliphatic carbocycles. The average Bonchev–Trinajstić information content (AvgIpc) is 3.24. The van der Waals surface area contributed by atoms with Gasteiger partial charge in [0.2, 0.25) is 15.9 Å². The van der Waals surface area contributed by atoms with E-state index in [-0.39, 0.29) is 29.9 Å². The van der Waals surface area contributed by atoms with Crippen LogP contribution in [0.2, 0.25) is 0 Å². The van der Waals surface area contributed by atoms with Gasteiger partial charge in [-0.3, -0.25) is 9.59 Å². The van der Waals surface area contributed by atoms with Gasteiger partial charge in [-0.2, -0.15) is 4.31 Å². The topological polar surface area (TPSA) is 92.8 Å². The summed E-state index contributed by atoms with van der Waals surface area (Å²) in [5.41, 5.74) is 2.91. The zero-order chi connectivity index (χ0) is 22.6. The Kier molecular flexibility index (Phi) is 7.25. The number of hydrogen-bond acceptors (Lipinski definition) is 5. The molecule has 1 aliphatic heterocycles. The number of amides is 1. The summed E-state index contributed by atoms with van der Waals surface area (Å²) in [5.74, 6) is -0.659. The van der Waals surface area contributed by atoms with E-state index in [2.05, 4.69) is 5.32 Å². The van der Waals surface area contributed by atoms with Gasteiger partial charge in [-0.25, -0.2) is 8.42 Å². The Morgan fingerprint density at radius 3 is 2.58 bits per heavy atom. The molecule has 2 aromatic rings. The Balaban J connectivity index is 1.86. The fourth-order valence-electron chi connectivity index (χ4n) is 3.52. The van der Waals surface area contributed by atoms with Crippen molar-refractivity contribution in [2.45, 2.75) is 44.6 Å². The Morgan fingerprint density at radius 2 is 1.90 bits per heavy atom. The first-order valence-electron chi connectivity index (χ1n) is 10.3. The summed E-state index contributed by atoms with van der Waals surface area (Å²) in [4.78, 5) is 24.5. The van der Waals surface area contributed by atoms with Crippen LogP contribution >= 0.6 is 0 Å². The van der Waals surface area contributed by atoms with Crippen molar-refractivity contribution >= 4 is 27.4 Å². The second-order valence-corrected chi connectivity index (χ2v) is 9.75. The van der Waals surface area contributed by atoms with Gasteiger partial charge in [0.05, 0.1) is 17.5 Å². The molecule has 1 saturated heterocycles. The lowest BCUT2D eigenvalue weighted by atomic mass is 10.1. The summed E-state index contributed by atoms with van der Waals surface area (Å²) < 4.78 is 33.5. The number of carbonyl (C=O) groups is 2. The lowest BCUT2D eigenvalue weighted by molar-refractivity contribution is -0.116. The van der Waals surface area contributed by atoms with Crippen molar-refractivity contribution < 1.29 is 22.7 Å². The summed E-state index contributed by atoms with van der Waals surface area (Å²) in [5, 5.41) is 2.82. The van der Waals surface area contributed by atoms with E-state index < -0.39 is 15.9 Å². The van der Waals surface area contributed by atoms with Crippen LogP contribution in [-0.4, -0.2) is 50.2 Å². The molecule has 8 heteroatoms. The molecule has 0 radical (unpaired) electrons. The van der Waals surface area contributed by atoms with Crippen molar-refractivity contribution in [1.82, 2.24) is 4.31 Å². The number of nitrogens with zero attached hydrogens (tertiary/aromatic N) is 1. The number of hydrogen-bond donors (Lipinski definition) is 1. The van der Waals surface area contributed by atoms with Crippen LogP contribution in [0.15, 0.2) is 47.4 Å². The third kappa shape index (κ3) is 5.58. The smallest absolute Gasteiger partial charge is 0.243 e. The fourth-order valence-corrected chi connectivity index (χ4v) is 5.00. The Morgan fingerprint density at radius 1 is 1.16 bits per heavy atom. The monoisotopic (exact) mass is 444 g/mol. The number of carbonyl (C=O) groups excluding carboxylic acids is 2. The van der Waals surface area contributed by atoms with Crippen LogP contribution in [0.1, 0.15) is 41.3 Å². The minimum atomic E-state index is -4.01. The predicted octanol–water partition coefficient (Wildman–Crippen LogP) is 3.31. The number of rotatable bonds is 8. The van der Waals surface area contributed by atoms with E-state index in [0.29, 0.717) is 17.9 Å². The molecular formula is C23H28N2O5S. The molecule has 1 atom stereocenters. The van der Waals surface area contributed by atoms with Crippen LogP contribution in [0, 0.1) is 13.8 Å². The molecule has 2 aromatic carbocycles. The summed E-state index contributed by atoms with van der Waals surface area (Å²) in [6.07, 6.45) is 1.32. The third-order valence-corrected chi connectivity index (χ3v) is 7.32. The Labute approximate surface area is 183 Å². The molecule has 0 spiro atoms. The molecule has 1 fully saturated rings. The summed E-state index contributed by atoms with van der Waals surface area (Å²) >= 11 is 0. The van der Waals surface area contributed by atoms with Gasteiger partial charge in [-0.15, -0.1) is 0 Å². The molecule has 166 valence electrons. The van der Waals surface area contributed by atoms with Gasteiger partial charge >= 0.3 is 0 Å². The van der Waals surface area contributed by atoms with E-state index in [4.69, 9.17) is 4.74 Å². The highest BCUT2D eigenvalue weighted by molar-refractivity contribution is 7.89. The molecule has 3 rings (SSSR count). The highest BCUT2D eigenvalue weighted by Crippen LogP contribution is 2.22. The largest absolute Gasteiger partial charge is 0.377 e. The second-order valence-electron chi connectivity index (χ2n) is 7.81. The molecule has 31 heavy (non-hydrogen) atoms. The van der Waals surface area contributed by atoms with Gasteiger partial charge in [0, 0.05) is 24.4 Å². The zero-order valence-electron chi connectivity index (χ0n) is 18.1. The van der Waals surface area contributed by atoms with Gasteiger partial charge < -0.3 is 10.1 Å². The first kappa shape index (κ1) is 23.1. The number of benzene rings is 2. The summed E-state index contributed by atoms with van der Waals surface area (Å²) in [7, 11) is -4.01. The van der Waals surface area contributed by atoms with Crippen LogP contribution in [0.25, 0.3) is 0 Å². The van der Waals surface area contributed by atoms with Crippen molar-refractivity contribution in [3.05, 3.63) is 59.2 Å². The maximum atomic E-state index is 13.4. The summed E-state index contributed by atoms with van der Waals surface area (Å²) in [6.45, 7) is 5.54. The molecule has 7 nitrogen and oxygen atoms in total. The lowest BCUT2D eigenvalue weighted by Crippen LogP contribution is -2.42. The molecule has 1 unspecified atom stereocenters. The number of ketones is 1. The number of sulfonamides is 1. The van der Waals surface area contributed by atoms with Gasteiger partial charge in [0.25, 0.3) is 0 Å². The van der Waals surface area contributed by atoms with Crippen molar-refractivity contribution in [2.24, 2.45) is 0 Å². The number of nitrogens with one attached hydrogen (secondary N) is 1. The normalized spacial score (nSPS) is 16.5. The molecule has 0 bridgehead atoms. The lowest BCUT2D eigenvalue weighted by Gasteiger charge is -2.25. The van der Waals surface area contributed by atoms with Crippen molar-refractivity contribution in [3.63, 3.8) is 0 Å². The predicted molar refractivity (Wildman–Crippen MR) is 119 cm³/mol. The average molecular weight is 445 g/mol. The molecule has 1 aliphatic rings. The van der Waals surface area contributed by atoms with E-state index in [9.17, 15) is 18.0 Å². The molecular weight excluding hydrogens is 416 g/mol. The van der Waals surface area contributed by atoms with Gasteiger partial charge in [0.15, 0.2) is 5.78 Å². The molecule has 1 amide bonds. The maximum Gasteiger partial charge on any atom is 0.243 e. The van der Waals surface area contributed by atoms with Crippen molar-refractivity contribution in [1.29, 1.82) is 0 Å². The maximum absolute atomic E-state index is 13.4. The zero-order valence-corrected chi connectivity index (χ0v) is 18.9. The van der Waals surface area contributed by atoms with Gasteiger partial charge in [0.1, 0.15) is 0 Å². The van der Waals surface area contributed by atoms with E-state index in [1.165, 1.54) is 25.1 Å². The fraction of sp³-hybridized carbons (Fsp3) is 0.391. The minimum absolute atomic E-state index is 0.0160. The van der Waals surface area contributed by atoms with Gasteiger partial charge in [-0.05, 0) is 62.9 Å². The van der Waals surface area contributed by atoms with Crippen molar-refractivity contribution in [2.75, 3.05) is 25.0 Å². The highest BCUT2D eigenvalue weighted by atomic mass is 32.2. The molecule has 0 aromatic heterocycles. The quantitative estimate of drug-likeness (QED) is 0.631. The molecule has 0 saturated carbocycles. The van der Waals surface area contributed by atoms with E-state index in [0.717, 1.165) is 28.3 Å². The van der Waals surface area contributed by atoms with Gasteiger partial charge in [-0.1, -0.05) is 24.3 Å². The molecule has 1 heterocycles. The van der Waals surface area contributed by atoms with Crippen molar-refractivity contribution in [3.8, 4) is 0 Å². The second kappa shape index (κ2) is 9.72. The Bertz CT molecular complexity index is 1080. The van der Waals surface area contributed by atoms with Crippen LogP contribution < -0.4 is 5.32 Å².